The predicted octanol–water partition coefficient (Wildman–Crippen LogP) is 2.45. The number of nitrogens with one attached hydrogen (secondary N) is 1. The number of nitrogens with zero attached hydrogens (tertiary/aromatic N) is 2. The van der Waals surface area contributed by atoms with E-state index in [1.165, 1.54) is 41.7 Å². The Balaban J connectivity index is 1.78. The summed E-state index contributed by atoms with van der Waals surface area (Å²) in [6.07, 6.45) is 4.95. The van der Waals surface area contributed by atoms with Crippen molar-refractivity contribution in [3.8, 4) is 0 Å². The highest BCUT2D eigenvalue weighted by Crippen LogP contribution is 2.30. The number of piperidine rings is 1. The third-order valence-corrected chi connectivity index (χ3v) is 4.44. The molecule has 3 heterocycles. The van der Waals surface area contributed by atoms with Crippen LogP contribution in [0.15, 0.2) is 18.2 Å². The van der Waals surface area contributed by atoms with Gasteiger partial charge in [-0.3, -0.25) is 0 Å². The number of fused-ring (bicyclic) bond motifs is 3. The second-order valence-electron chi connectivity index (χ2n) is 5.56. The number of aromatic nitrogens is 2. The van der Waals surface area contributed by atoms with Crippen LogP contribution in [0.1, 0.15) is 36.6 Å². The zero-order valence-electron chi connectivity index (χ0n) is 10.7. The molecule has 18 heavy (non-hydrogen) atoms. The van der Waals surface area contributed by atoms with E-state index in [0.717, 1.165) is 32.0 Å². The zero-order chi connectivity index (χ0) is 11.9. The lowest BCUT2D eigenvalue weighted by Gasteiger charge is -2.23. The number of hydrogen-bond donors (Lipinski definition) is 1. The van der Waals surface area contributed by atoms with Crippen molar-refractivity contribution in [2.45, 2.75) is 38.1 Å². The highest BCUT2D eigenvalue weighted by atomic mass is 15.1. The Kier molecular flexibility index (Phi) is 2.40. The standard InChI is InChI=1S/C15H19N3/c1-2-15-17-13-4-3-12(10-14(13)18(15)9-1)11-5-7-16-8-6-11/h3-4,10-11,16H,1-2,5-9H2. The van der Waals surface area contributed by atoms with Crippen LogP contribution in [-0.2, 0) is 13.0 Å². The number of hydrogen-bond acceptors (Lipinski definition) is 2. The van der Waals surface area contributed by atoms with Crippen LogP contribution >= 0.6 is 0 Å². The zero-order valence-corrected chi connectivity index (χ0v) is 10.7. The summed E-state index contributed by atoms with van der Waals surface area (Å²) in [5, 5.41) is 3.44. The molecular formula is C15H19N3. The fourth-order valence-electron chi connectivity index (χ4n) is 3.43. The molecule has 1 fully saturated rings. The lowest BCUT2D eigenvalue weighted by Crippen LogP contribution is -2.26. The van der Waals surface area contributed by atoms with Crippen LogP contribution in [0, 0.1) is 0 Å². The molecule has 94 valence electrons. The topological polar surface area (TPSA) is 29.9 Å². The van der Waals surface area contributed by atoms with Gasteiger partial charge in [-0.05, 0) is 56.0 Å². The van der Waals surface area contributed by atoms with Crippen LogP contribution in [-0.4, -0.2) is 22.6 Å². The average Bonchev–Trinajstić information content (AvgIpc) is 2.99. The molecule has 0 atom stereocenters. The van der Waals surface area contributed by atoms with Crippen molar-refractivity contribution < 1.29 is 0 Å². The summed E-state index contributed by atoms with van der Waals surface area (Å²) in [7, 11) is 0. The molecule has 1 aromatic heterocycles. The molecule has 2 aliphatic heterocycles. The fraction of sp³-hybridized carbons (Fsp3) is 0.533. The molecule has 0 aliphatic carbocycles. The van der Waals surface area contributed by atoms with Crippen molar-refractivity contribution in [2.24, 2.45) is 0 Å². The summed E-state index contributed by atoms with van der Waals surface area (Å²) in [4.78, 5) is 4.73. The fourth-order valence-corrected chi connectivity index (χ4v) is 3.43. The van der Waals surface area contributed by atoms with Gasteiger partial charge >= 0.3 is 0 Å². The Labute approximate surface area is 107 Å². The van der Waals surface area contributed by atoms with Crippen LogP contribution in [0.4, 0.5) is 0 Å². The second kappa shape index (κ2) is 4.09. The summed E-state index contributed by atoms with van der Waals surface area (Å²) in [6, 6.07) is 6.91. The van der Waals surface area contributed by atoms with E-state index < -0.39 is 0 Å². The molecule has 1 N–H and O–H groups in total. The molecule has 2 aromatic rings. The van der Waals surface area contributed by atoms with E-state index in [0.29, 0.717) is 0 Å². The molecule has 0 radical (unpaired) electrons. The highest BCUT2D eigenvalue weighted by Gasteiger charge is 2.19. The van der Waals surface area contributed by atoms with Gasteiger partial charge in [-0.15, -0.1) is 0 Å². The molecule has 3 nitrogen and oxygen atoms in total. The van der Waals surface area contributed by atoms with E-state index in [2.05, 4.69) is 28.1 Å². The van der Waals surface area contributed by atoms with Crippen molar-refractivity contribution in [1.29, 1.82) is 0 Å². The summed E-state index contributed by atoms with van der Waals surface area (Å²) in [5.74, 6) is 2.02. The molecule has 1 aromatic carbocycles. The van der Waals surface area contributed by atoms with Crippen LogP contribution in [0.25, 0.3) is 11.0 Å². The van der Waals surface area contributed by atoms with E-state index in [9.17, 15) is 0 Å². The van der Waals surface area contributed by atoms with Crippen molar-refractivity contribution in [3.05, 3.63) is 29.6 Å². The second-order valence-corrected chi connectivity index (χ2v) is 5.56. The monoisotopic (exact) mass is 241 g/mol. The Bertz CT molecular complexity index is 579. The molecule has 0 bridgehead atoms. The van der Waals surface area contributed by atoms with Crippen LogP contribution in [0.3, 0.4) is 0 Å². The minimum atomic E-state index is 0.739. The van der Waals surface area contributed by atoms with Crippen LogP contribution in [0.5, 0.6) is 0 Å². The molecule has 2 aliphatic rings. The number of aryl methyl sites for hydroxylation is 2. The van der Waals surface area contributed by atoms with Gasteiger partial charge in [-0.25, -0.2) is 4.98 Å². The highest BCUT2D eigenvalue weighted by molar-refractivity contribution is 5.77. The predicted molar refractivity (Wildman–Crippen MR) is 72.9 cm³/mol. The number of rotatable bonds is 1. The van der Waals surface area contributed by atoms with E-state index in [1.807, 2.05) is 0 Å². The maximum absolute atomic E-state index is 4.73. The molecule has 0 saturated carbocycles. The Hall–Kier alpha value is -1.35. The number of benzene rings is 1. The first-order valence-corrected chi connectivity index (χ1v) is 7.11. The normalized spacial score (nSPS) is 20.4. The minimum absolute atomic E-state index is 0.739. The molecule has 4 rings (SSSR count). The first kappa shape index (κ1) is 10.6. The summed E-state index contributed by atoms with van der Waals surface area (Å²) in [5.41, 5.74) is 4.06. The molecule has 3 heteroatoms. The van der Waals surface area contributed by atoms with Gasteiger partial charge in [-0.2, -0.15) is 0 Å². The minimum Gasteiger partial charge on any atom is -0.328 e. The van der Waals surface area contributed by atoms with E-state index >= 15 is 0 Å². The molecule has 0 amide bonds. The van der Waals surface area contributed by atoms with Gasteiger partial charge in [0.05, 0.1) is 11.0 Å². The van der Waals surface area contributed by atoms with E-state index in [-0.39, 0.29) is 0 Å². The average molecular weight is 241 g/mol. The van der Waals surface area contributed by atoms with Gasteiger partial charge in [0, 0.05) is 13.0 Å². The third-order valence-electron chi connectivity index (χ3n) is 4.44. The lowest BCUT2D eigenvalue weighted by molar-refractivity contribution is 0.460. The van der Waals surface area contributed by atoms with Gasteiger partial charge < -0.3 is 9.88 Å². The van der Waals surface area contributed by atoms with Crippen molar-refractivity contribution in [3.63, 3.8) is 0 Å². The molecule has 0 unspecified atom stereocenters. The molecule has 0 spiro atoms. The summed E-state index contributed by atoms with van der Waals surface area (Å²) >= 11 is 0. The Morgan fingerprint density at radius 2 is 2.11 bits per heavy atom. The quantitative estimate of drug-likeness (QED) is 0.831. The Morgan fingerprint density at radius 1 is 1.22 bits per heavy atom. The van der Waals surface area contributed by atoms with E-state index in [1.54, 1.807) is 0 Å². The Morgan fingerprint density at radius 3 is 3.00 bits per heavy atom. The smallest absolute Gasteiger partial charge is 0.109 e. The summed E-state index contributed by atoms with van der Waals surface area (Å²) in [6.45, 7) is 3.47. The van der Waals surface area contributed by atoms with Crippen LogP contribution in [0.2, 0.25) is 0 Å². The van der Waals surface area contributed by atoms with Gasteiger partial charge in [0.2, 0.25) is 0 Å². The van der Waals surface area contributed by atoms with Crippen molar-refractivity contribution in [2.75, 3.05) is 13.1 Å². The maximum atomic E-state index is 4.73. The van der Waals surface area contributed by atoms with Gasteiger partial charge in [0.25, 0.3) is 0 Å². The molecular weight excluding hydrogens is 222 g/mol. The van der Waals surface area contributed by atoms with Crippen molar-refractivity contribution in [1.82, 2.24) is 14.9 Å². The van der Waals surface area contributed by atoms with Crippen LogP contribution < -0.4 is 5.32 Å². The first-order valence-electron chi connectivity index (χ1n) is 7.11. The largest absolute Gasteiger partial charge is 0.328 e. The number of imidazole rings is 1. The maximum Gasteiger partial charge on any atom is 0.109 e. The SMILES string of the molecule is c1cc2nc3n(c2cc1C1CCNCC1)CCC3. The summed E-state index contributed by atoms with van der Waals surface area (Å²) < 4.78 is 2.42. The molecule has 1 saturated heterocycles. The van der Waals surface area contributed by atoms with Gasteiger partial charge in [-0.1, -0.05) is 6.07 Å². The van der Waals surface area contributed by atoms with Gasteiger partial charge in [0.15, 0.2) is 0 Å². The first-order chi connectivity index (χ1) is 8.92. The van der Waals surface area contributed by atoms with Gasteiger partial charge in [0.1, 0.15) is 5.82 Å². The van der Waals surface area contributed by atoms with E-state index in [4.69, 9.17) is 4.98 Å². The van der Waals surface area contributed by atoms with Crippen molar-refractivity contribution >= 4 is 11.0 Å². The lowest BCUT2D eigenvalue weighted by atomic mass is 9.90. The third kappa shape index (κ3) is 1.57.